The lowest BCUT2D eigenvalue weighted by atomic mass is 9.83. The zero-order valence-electron chi connectivity index (χ0n) is 11.4. The number of carbonyl (C=O) groups is 1. The maximum atomic E-state index is 11.6. The first kappa shape index (κ1) is 12.9. The Labute approximate surface area is 108 Å². The average molecular weight is 248 g/mol. The number of cyclic esters (lactones) is 1. The van der Waals surface area contributed by atoms with E-state index in [0.29, 0.717) is 12.3 Å². The number of phenols is 1. The molecule has 2 rings (SSSR count). The number of benzene rings is 1. The zero-order chi connectivity index (χ0) is 13.4. The van der Waals surface area contributed by atoms with E-state index in [4.69, 9.17) is 4.74 Å². The third kappa shape index (κ3) is 2.09. The molecule has 0 aliphatic carbocycles. The van der Waals surface area contributed by atoms with Gasteiger partial charge < -0.3 is 9.84 Å². The van der Waals surface area contributed by atoms with Gasteiger partial charge in [-0.2, -0.15) is 0 Å². The van der Waals surface area contributed by atoms with Crippen LogP contribution in [0.4, 0.5) is 0 Å². The highest BCUT2D eigenvalue weighted by Gasteiger charge is 2.39. The second-order valence-corrected chi connectivity index (χ2v) is 5.46. The zero-order valence-corrected chi connectivity index (χ0v) is 11.4. The summed E-state index contributed by atoms with van der Waals surface area (Å²) in [5.41, 5.74) is 2.86. The lowest BCUT2D eigenvalue weighted by Gasteiger charge is -2.24. The van der Waals surface area contributed by atoms with Crippen LogP contribution in [0.5, 0.6) is 5.75 Å². The molecule has 1 fully saturated rings. The summed E-state index contributed by atoms with van der Waals surface area (Å²) in [7, 11) is 0. The monoisotopic (exact) mass is 248 g/mol. The average Bonchev–Trinajstić information content (AvgIpc) is 2.67. The number of esters is 1. The molecule has 0 unspecified atom stereocenters. The first-order valence-corrected chi connectivity index (χ1v) is 6.40. The Morgan fingerprint density at radius 1 is 1.33 bits per heavy atom. The SMILES string of the molecule is Cc1ccc(O)c(C)c1[C@@H]1OC(=O)C[C@H]1C(C)C. The van der Waals surface area contributed by atoms with Gasteiger partial charge in [0.05, 0.1) is 6.42 Å². The molecule has 3 nitrogen and oxygen atoms in total. The summed E-state index contributed by atoms with van der Waals surface area (Å²) in [4.78, 5) is 11.6. The Balaban J connectivity index is 2.48. The Morgan fingerprint density at radius 2 is 2.00 bits per heavy atom. The Bertz CT molecular complexity index is 477. The molecule has 0 amide bonds. The predicted octanol–water partition coefficient (Wildman–Crippen LogP) is 3.27. The molecule has 0 aromatic heterocycles. The van der Waals surface area contributed by atoms with Crippen LogP contribution in [-0.2, 0) is 9.53 Å². The molecule has 0 bridgehead atoms. The smallest absolute Gasteiger partial charge is 0.306 e. The lowest BCUT2D eigenvalue weighted by molar-refractivity contribution is -0.141. The van der Waals surface area contributed by atoms with E-state index in [0.717, 1.165) is 16.7 Å². The van der Waals surface area contributed by atoms with Gasteiger partial charge in [0.15, 0.2) is 0 Å². The molecule has 98 valence electrons. The van der Waals surface area contributed by atoms with Crippen LogP contribution in [-0.4, -0.2) is 11.1 Å². The van der Waals surface area contributed by atoms with E-state index in [1.165, 1.54) is 0 Å². The standard InChI is InChI=1S/C15H20O3/c1-8(2)11-7-13(17)18-15(11)14-9(3)5-6-12(16)10(14)4/h5-6,8,11,15-16H,7H2,1-4H3/t11-,15+/m0/s1. The summed E-state index contributed by atoms with van der Waals surface area (Å²) in [5.74, 6) is 0.696. The van der Waals surface area contributed by atoms with Gasteiger partial charge in [0.1, 0.15) is 11.9 Å². The van der Waals surface area contributed by atoms with E-state index in [-0.39, 0.29) is 23.7 Å². The number of carbonyl (C=O) groups excluding carboxylic acids is 1. The summed E-state index contributed by atoms with van der Waals surface area (Å²) >= 11 is 0. The number of phenolic OH excluding ortho intramolecular Hbond substituents is 1. The first-order valence-electron chi connectivity index (χ1n) is 6.40. The molecule has 0 radical (unpaired) electrons. The highest BCUT2D eigenvalue weighted by molar-refractivity contribution is 5.73. The van der Waals surface area contributed by atoms with Crippen molar-refractivity contribution in [2.45, 2.75) is 40.2 Å². The molecule has 3 heteroatoms. The molecule has 1 aliphatic rings. The summed E-state index contributed by atoms with van der Waals surface area (Å²) < 4.78 is 5.49. The summed E-state index contributed by atoms with van der Waals surface area (Å²) in [6.45, 7) is 8.08. The number of aryl methyl sites for hydroxylation is 1. The van der Waals surface area contributed by atoms with Crippen molar-refractivity contribution in [3.05, 3.63) is 28.8 Å². The van der Waals surface area contributed by atoms with E-state index in [1.807, 2.05) is 19.9 Å². The fourth-order valence-electron chi connectivity index (χ4n) is 2.73. The van der Waals surface area contributed by atoms with Crippen molar-refractivity contribution in [3.63, 3.8) is 0 Å². The third-order valence-corrected chi connectivity index (χ3v) is 3.89. The van der Waals surface area contributed by atoms with Crippen LogP contribution in [0, 0.1) is 25.7 Å². The largest absolute Gasteiger partial charge is 0.508 e. The number of rotatable bonds is 2. The number of hydrogen-bond acceptors (Lipinski definition) is 3. The minimum Gasteiger partial charge on any atom is -0.508 e. The normalized spacial score (nSPS) is 23.5. The molecule has 2 atom stereocenters. The van der Waals surface area contributed by atoms with Crippen LogP contribution in [0.25, 0.3) is 0 Å². The second kappa shape index (κ2) is 4.63. The van der Waals surface area contributed by atoms with Gasteiger partial charge >= 0.3 is 5.97 Å². The van der Waals surface area contributed by atoms with Gasteiger partial charge in [-0.3, -0.25) is 4.79 Å². The molecule has 0 saturated carbocycles. The van der Waals surface area contributed by atoms with E-state index in [9.17, 15) is 9.90 Å². The van der Waals surface area contributed by atoms with E-state index >= 15 is 0 Å². The van der Waals surface area contributed by atoms with E-state index < -0.39 is 0 Å². The van der Waals surface area contributed by atoms with Gasteiger partial charge in [-0.1, -0.05) is 19.9 Å². The molecule has 1 N–H and O–H groups in total. The molecule has 1 aromatic rings. The third-order valence-electron chi connectivity index (χ3n) is 3.89. The molecule has 18 heavy (non-hydrogen) atoms. The van der Waals surface area contributed by atoms with Gasteiger partial charge in [0.25, 0.3) is 0 Å². The van der Waals surface area contributed by atoms with E-state index in [1.54, 1.807) is 6.07 Å². The number of aromatic hydroxyl groups is 1. The highest BCUT2D eigenvalue weighted by Crippen LogP contribution is 2.43. The molecule has 1 aromatic carbocycles. The molecule has 1 saturated heterocycles. The molecular weight excluding hydrogens is 228 g/mol. The summed E-state index contributed by atoms with van der Waals surface area (Å²) in [6, 6.07) is 3.57. The van der Waals surface area contributed by atoms with Crippen LogP contribution < -0.4 is 0 Å². The minimum absolute atomic E-state index is 0.138. The molecule has 1 heterocycles. The highest BCUT2D eigenvalue weighted by atomic mass is 16.5. The predicted molar refractivity (Wildman–Crippen MR) is 69.4 cm³/mol. The fraction of sp³-hybridized carbons (Fsp3) is 0.533. The molecule has 1 aliphatic heterocycles. The quantitative estimate of drug-likeness (QED) is 0.817. The van der Waals surface area contributed by atoms with Crippen molar-refractivity contribution < 1.29 is 14.6 Å². The van der Waals surface area contributed by atoms with Crippen molar-refractivity contribution >= 4 is 5.97 Å². The van der Waals surface area contributed by atoms with Crippen molar-refractivity contribution in [2.75, 3.05) is 0 Å². The van der Waals surface area contributed by atoms with Crippen LogP contribution in [0.1, 0.15) is 43.1 Å². The van der Waals surface area contributed by atoms with Crippen molar-refractivity contribution in [1.29, 1.82) is 0 Å². The minimum atomic E-state index is -0.218. The maximum absolute atomic E-state index is 11.6. The van der Waals surface area contributed by atoms with Gasteiger partial charge in [0, 0.05) is 11.5 Å². The maximum Gasteiger partial charge on any atom is 0.306 e. The van der Waals surface area contributed by atoms with Crippen LogP contribution >= 0.6 is 0 Å². The molecular formula is C15H20O3. The van der Waals surface area contributed by atoms with Gasteiger partial charge in [-0.05, 0) is 37.0 Å². The Morgan fingerprint density at radius 3 is 2.61 bits per heavy atom. The van der Waals surface area contributed by atoms with Crippen molar-refractivity contribution in [1.82, 2.24) is 0 Å². The Kier molecular flexibility index (Phi) is 3.33. The van der Waals surface area contributed by atoms with Crippen molar-refractivity contribution in [3.8, 4) is 5.75 Å². The second-order valence-electron chi connectivity index (χ2n) is 5.46. The van der Waals surface area contributed by atoms with Gasteiger partial charge in [0.2, 0.25) is 0 Å². The summed E-state index contributed by atoms with van der Waals surface area (Å²) in [6.07, 6.45) is 0.251. The molecule has 0 spiro atoms. The topological polar surface area (TPSA) is 46.5 Å². The van der Waals surface area contributed by atoms with Crippen LogP contribution in [0.3, 0.4) is 0 Å². The van der Waals surface area contributed by atoms with Gasteiger partial charge in [-0.15, -0.1) is 0 Å². The first-order chi connectivity index (χ1) is 8.41. The number of ether oxygens (including phenoxy) is 1. The van der Waals surface area contributed by atoms with Gasteiger partial charge in [-0.25, -0.2) is 0 Å². The van der Waals surface area contributed by atoms with Crippen LogP contribution in [0.2, 0.25) is 0 Å². The fourth-order valence-corrected chi connectivity index (χ4v) is 2.73. The summed E-state index contributed by atoms with van der Waals surface area (Å²) in [5, 5.41) is 9.84. The Hall–Kier alpha value is -1.51. The lowest BCUT2D eigenvalue weighted by Crippen LogP contribution is -2.15. The van der Waals surface area contributed by atoms with Crippen molar-refractivity contribution in [2.24, 2.45) is 11.8 Å². The van der Waals surface area contributed by atoms with E-state index in [2.05, 4.69) is 13.8 Å². The number of hydrogen-bond donors (Lipinski definition) is 1. The van der Waals surface area contributed by atoms with Crippen LogP contribution in [0.15, 0.2) is 12.1 Å².